The Bertz CT molecular complexity index is 1290. The molecular formula is C22H22FN3O5S. The van der Waals surface area contributed by atoms with Crippen LogP contribution in [0.1, 0.15) is 13.3 Å². The number of nitrogens with zero attached hydrogens (tertiary/aromatic N) is 2. The fourth-order valence-corrected chi connectivity index (χ4v) is 3.99. The minimum absolute atomic E-state index is 0.0438. The number of hydrogen-bond donors (Lipinski definition) is 2. The second kappa shape index (κ2) is 9.01. The molecule has 0 aliphatic heterocycles. The van der Waals surface area contributed by atoms with E-state index < -0.39 is 20.5 Å². The molecule has 0 aliphatic carbocycles. The number of amides is 1. The summed E-state index contributed by atoms with van der Waals surface area (Å²) in [5.74, 6) is -1.39. The first-order valence-corrected chi connectivity index (χ1v) is 11.5. The Labute approximate surface area is 184 Å². The van der Waals surface area contributed by atoms with Crippen LogP contribution in [-0.4, -0.2) is 40.1 Å². The third-order valence-corrected chi connectivity index (χ3v) is 7.49. The van der Waals surface area contributed by atoms with Gasteiger partial charge in [0.05, 0.1) is 5.69 Å². The number of hydroxylamine groups is 1. The van der Waals surface area contributed by atoms with Gasteiger partial charge in [-0.15, -0.1) is 0 Å². The summed E-state index contributed by atoms with van der Waals surface area (Å²) in [7, 11) is -3.86. The van der Waals surface area contributed by atoms with E-state index in [-0.39, 0.29) is 24.3 Å². The molecule has 0 spiro atoms. The highest BCUT2D eigenvalue weighted by atomic mass is 32.2. The van der Waals surface area contributed by atoms with Crippen molar-refractivity contribution < 1.29 is 22.8 Å². The van der Waals surface area contributed by atoms with E-state index in [1.165, 1.54) is 41.4 Å². The topological polar surface area (TPSA) is 118 Å². The van der Waals surface area contributed by atoms with Crippen molar-refractivity contribution in [2.75, 3.05) is 6.26 Å². The molecule has 168 valence electrons. The van der Waals surface area contributed by atoms with Crippen LogP contribution in [0.5, 0.6) is 0 Å². The van der Waals surface area contributed by atoms with Gasteiger partial charge in [-0.2, -0.15) is 0 Å². The normalized spacial score (nSPS) is 13.4. The number of hydrogen-bond acceptors (Lipinski definition) is 6. The molecule has 1 aromatic carbocycles. The van der Waals surface area contributed by atoms with Gasteiger partial charge in [0, 0.05) is 42.4 Å². The lowest BCUT2D eigenvalue weighted by Gasteiger charge is -2.25. The van der Waals surface area contributed by atoms with Crippen LogP contribution in [0.15, 0.2) is 65.7 Å². The maximum atomic E-state index is 13.1. The highest BCUT2D eigenvalue weighted by Gasteiger charge is 2.43. The number of benzene rings is 1. The minimum atomic E-state index is -3.86. The summed E-state index contributed by atoms with van der Waals surface area (Å²) in [6.45, 7) is 1.15. The Morgan fingerprint density at radius 2 is 1.78 bits per heavy atom. The minimum Gasteiger partial charge on any atom is -0.315 e. The zero-order chi connectivity index (χ0) is 23.5. The first-order valence-electron chi connectivity index (χ1n) is 9.62. The Kier molecular flexibility index (Phi) is 6.56. The van der Waals surface area contributed by atoms with Gasteiger partial charge >= 0.3 is 0 Å². The van der Waals surface area contributed by atoms with Crippen LogP contribution >= 0.6 is 0 Å². The van der Waals surface area contributed by atoms with Gasteiger partial charge in [-0.1, -0.05) is 6.07 Å². The number of carbonyl (C=O) groups excluding carboxylic acids is 1. The monoisotopic (exact) mass is 459 g/mol. The van der Waals surface area contributed by atoms with Crippen molar-refractivity contribution >= 4 is 15.7 Å². The van der Waals surface area contributed by atoms with Crippen molar-refractivity contribution in [3.8, 4) is 22.4 Å². The molecule has 3 rings (SSSR count). The van der Waals surface area contributed by atoms with Gasteiger partial charge < -0.3 is 4.57 Å². The Morgan fingerprint density at radius 1 is 1.12 bits per heavy atom. The van der Waals surface area contributed by atoms with Gasteiger partial charge in [-0.3, -0.25) is 19.8 Å². The van der Waals surface area contributed by atoms with Gasteiger partial charge in [-0.05, 0) is 55.3 Å². The van der Waals surface area contributed by atoms with Crippen molar-refractivity contribution in [2.45, 2.75) is 24.6 Å². The number of halogens is 1. The molecule has 1 amide bonds. The Balaban J connectivity index is 1.80. The van der Waals surface area contributed by atoms with Crippen LogP contribution in [0.25, 0.3) is 22.4 Å². The summed E-state index contributed by atoms with van der Waals surface area (Å²) in [5.41, 5.74) is 3.72. The number of carbonyl (C=O) groups is 1. The molecule has 3 aromatic rings. The molecular weight excluding hydrogens is 437 g/mol. The predicted octanol–water partition coefficient (Wildman–Crippen LogP) is 2.42. The summed E-state index contributed by atoms with van der Waals surface area (Å²) in [6.07, 6.45) is 3.80. The van der Waals surface area contributed by atoms with E-state index in [2.05, 4.69) is 4.98 Å². The summed E-state index contributed by atoms with van der Waals surface area (Å²) in [5, 5.41) is 8.90. The van der Waals surface area contributed by atoms with Crippen molar-refractivity contribution in [2.24, 2.45) is 0 Å². The van der Waals surface area contributed by atoms with Crippen molar-refractivity contribution in [1.29, 1.82) is 0 Å². The quantitative estimate of drug-likeness (QED) is 0.414. The molecule has 0 aliphatic rings. The lowest BCUT2D eigenvalue weighted by Crippen LogP contribution is -2.49. The number of sulfone groups is 1. The van der Waals surface area contributed by atoms with Crippen LogP contribution in [0.4, 0.5) is 4.39 Å². The lowest BCUT2D eigenvalue weighted by molar-refractivity contribution is -0.131. The molecule has 2 heterocycles. The largest absolute Gasteiger partial charge is 0.315 e. The fourth-order valence-electron chi connectivity index (χ4n) is 3.15. The summed E-state index contributed by atoms with van der Waals surface area (Å²) in [4.78, 5) is 28.8. The predicted molar refractivity (Wildman–Crippen MR) is 117 cm³/mol. The van der Waals surface area contributed by atoms with Crippen LogP contribution in [-0.2, 0) is 21.2 Å². The summed E-state index contributed by atoms with van der Waals surface area (Å²) in [6, 6.07) is 12.6. The molecule has 0 saturated heterocycles. The SMILES string of the molecule is CC(CCn1ccc(-c2ccc(-c3ccc(F)cc3)nc2)cc1=O)(C(=O)NO)S(C)(=O)=O. The third kappa shape index (κ3) is 4.76. The van der Waals surface area contributed by atoms with Crippen LogP contribution in [0, 0.1) is 5.82 Å². The maximum absolute atomic E-state index is 13.1. The van der Waals surface area contributed by atoms with Gasteiger partial charge in [0.1, 0.15) is 5.82 Å². The van der Waals surface area contributed by atoms with Gasteiger partial charge in [-0.25, -0.2) is 18.3 Å². The van der Waals surface area contributed by atoms with Gasteiger partial charge in [0.2, 0.25) is 0 Å². The van der Waals surface area contributed by atoms with Crippen LogP contribution in [0.3, 0.4) is 0 Å². The molecule has 1 unspecified atom stereocenters. The molecule has 0 saturated carbocycles. The highest BCUT2D eigenvalue weighted by Crippen LogP contribution is 2.24. The van der Waals surface area contributed by atoms with E-state index >= 15 is 0 Å². The average Bonchev–Trinajstić information content (AvgIpc) is 2.77. The molecule has 0 fully saturated rings. The third-order valence-electron chi connectivity index (χ3n) is 5.46. The maximum Gasteiger partial charge on any atom is 0.264 e. The molecule has 8 nitrogen and oxygen atoms in total. The van der Waals surface area contributed by atoms with E-state index in [9.17, 15) is 22.4 Å². The van der Waals surface area contributed by atoms with E-state index in [1.54, 1.807) is 36.5 Å². The Hall–Kier alpha value is -3.37. The zero-order valence-electron chi connectivity index (χ0n) is 17.4. The standard InChI is InChI=1S/C22H22FN3O5S/c1-22(21(28)25-29,32(2,30)31)10-12-26-11-9-16(13-20(26)27)17-5-8-19(24-14-17)15-3-6-18(23)7-4-15/h3-9,11,13-14,29H,10,12H2,1-2H3,(H,25,28). The van der Waals surface area contributed by atoms with E-state index in [0.717, 1.165) is 11.8 Å². The summed E-state index contributed by atoms with van der Waals surface area (Å²) < 4.78 is 36.6. The van der Waals surface area contributed by atoms with E-state index in [0.29, 0.717) is 16.8 Å². The number of aryl methyl sites for hydroxylation is 1. The average molecular weight is 459 g/mol. The molecule has 1 atom stereocenters. The smallest absolute Gasteiger partial charge is 0.264 e. The first kappa shape index (κ1) is 23.3. The molecule has 0 bridgehead atoms. The molecule has 0 radical (unpaired) electrons. The molecule has 2 aromatic heterocycles. The van der Waals surface area contributed by atoms with E-state index in [4.69, 9.17) is 5.21 Å². The second-order valence-corrected chi connectivity index (χ2v) is 10.0. The second-order valence-electron chi connectivity index (χ2n) is 7.58. The van der Waals surface area contributed by atoms with Crippen molar-refractivity contribution in [3.63, 3.8) is 0 Å². The fraction of sp³-hybridized carbons (Fsp3) is 0.227. The van der Waals surface area contributed by atoms with Crippen LogP contribution < -0.4 is 11.0 Å². The molecule has 32 heavy (non-hydrogen) atoms. The van der Waals surface area contributed by atoms with Gasteiger partial charge in [0.25, 0.3) is 11.5 Å². The van der Waals surface area contributed by atoms with E-state index in [1.807, 2.05) is 0 Å². The van der Waals surface area contributed by atoms with Crippen LogP contribution in [0.2, 0.25) is 0 Å². The number of rotatable bonds is 7. The van der Waals surface area contributed by atoms with Crippen molar-refractivity contribution in [3.05, 3.63) is 77.1 Å². The number of pyridine rings is 2. The summed E-state index contributed by atoms with van der Waals surface area (Å²) >= 11 is 0. The molecule has 2 N–H and O–H groups in total. The van der Waals surface area contributed by atoms with Gasteiger partial charge in [0.15, 0.2) is 14.6 Å². The number of aromatic nitrogens is 2. The Morgan fingerprint density at radius 3 is 2.31 bits per heavy atom. The first-order chi connectivity index (χ1) is 15.0. The molecule has 10 heteroatoms. The van der Waals surface area contributed by atoms with Crippen molar-refractivity contribution in [1.82, 2.24) is 15.0 Å². The lowest BCUT2D eigenvalue weighted by atomic mass is 10.1. The zero-order valence-corrected chi connectivity index (χ0v) is 18.3. The number of nitrogens with one attached hydrogen (secondary N) is 1. The highest BCUT2D eigenvalue weighted by molar-refractivity contribution is 7.92.